The average molecular weight is 792 g/mol. The van der Waals surface area contributed by atoms with Crippen molar-refractivity contribution in [3.8, 4) is 0 Å². The predicted octanol–water partition coefficient (Wildman–Crippen LogP) is 12.1. The topological polar surface area (TPSA) is 94.1 Å². The summed E-state index contributed by atoms with van der Waals surface area (Å²) >= 11 is 0. The maximum absolute atomic E-state index is 12.6. The van der Waals surface area contributed by atoms with Crippen LogP contribution in [-0.2, 0) is 27.9 Å². The molecule has 2 atom stereocenters. The molecule has 8 nitrogen and oxygen atoms in total. The number of rotatable bonds is 39. The molecule has 0 amide bonds. The van der Waals surface area contributed by atoms with Crippen LogP contribution in [0.2, 0.25) is 0 Å². The Kier molecular flexibility index (Phi) is 37.3. The number of hydrogen-bond donors (Lipinski definition) is 0. The van der Waals surface area contributed by atoms with E-state index in [1.54, 1.807) is 6.08 Å². The van der Waals surface area contributed by atoms with Crippen LogP contribution < -0.4 is 4.89 Å². The summed E-state index contributed by atoms with van der Waals surface area (Å²) in [7, 11) is 1.29. The summed E-state index contributed by atoms with van der Waals surface area (Å²) < 4.78 is 34.4. The van der Waals surface area contributed by atoms with Gasteiger partial charge >= 0.3 is 5.97 Å². The fourth-order valence-corrected chi connectivity index (χ4v) is 6.17. The summed E-state index contributed by atoms with van der Waals surface area (Å²) in [5.41, 5.74) is 0. The van der Waals surface area contributed by atoms with Gasteiger partial charge in [0.15, 0.2) is 0 Å². The van der Waals surface area contributed by atoms with Gasteiger partial charge in [-0.25, -0.2) is 0 Å². The quantitative estimate of drug-likeness (QED) is 0.0201. The van der Waals surface area contributed by atoms with Crippen molar-refractivity contribution in [2.75, 3.05) is 54.1 Å². The maximum atomic E-state index is 12.6. The van der Waals surface area contributed by atoms with Gasteiger partial charge in [0.05, 0.1) is 40.8 Å². The number of likely N-dealkylation sites (N-methyl/N-ethyl adjacent to an activating group) is 1. The Morgan fingerprint density at radius 2 is 1.05 bits per heavy atom. The zero-order valence-electron chi connectivity index (χ0n) is 35.8. The number of carbonyl (C=O) groups is 1. The molecule has 55 heavy (non-hydrogen) atoms. The van der Waals surface area contributed by atoms with E-state index in [1.165, 1.54) is 89.9 Å². The third-order valence-electron chi connectivity index (χ3n) is 8.77. The number of hydrogen-bond acceptors (Lipinski definition) is 7. The molecule has 318 valence electrons. The van der Waals surface area contributed by atoms with Gasteiger partial charge in [-0.1, -0.05) is 157 Å². The molecule has 0 aromatic carbocycles. The molecular formula is C46H82NO7P. The number of carbonyl (C=O) groups excluding carboxylic acids is 1. The van der Waals surface area contributed by atoms with Gasteiger partial charge in [-0.2, -0.15) is 0 Å². The summed E-state index contributed by atoms with van der Waals surface area (Å²) in [5, 5.41) is 0. The molecule has 9 heteroatoms. The molecule has 0 aromatic rings. The minimum absolute atomic E-state index is 0.00596. The molecular weight excluding hydrogens is 709 g/mol. The Morgan fingerprint density at radius 1 is 0.582 bits per heavy atom. The third kappa shape index (κ3) is 42.9. The molecule has 0 aliphatic heterocycles. The lowest BCUT2D eigenvalue weighted by molar-refractivity contribution is -0.870. The highest BCUT2D eigenvalue weighted by Crippen LogP contribution is 2.38. The zero-order chi connectivity index (χ0) is 40.6. The van der Waals surface area contributed by atoms with Crippen molar-refractivity contribution >= 4 is 13.8 Å². The highest BCUT2D eigenvalue weighted by molar-refractivity contribution is 7.45. The fraction of sp³-hybridized carbons (Fsp3) is 0.717. The normalized spacial score (nSPS) is 14.5. The summed E-state index contributed by atoms with van der Waals surface area (Å²) in [6, 6.07) is 0. The van der Waals surface area contributed by atoms with Gasteiger partial charge in [-0.05, 0) is 64.2 Å². The van der Waals surface area contributed by atoms with Gasteiger partial charge in [-0.15, -0.1) is 0 Å². The van der Waals surface area contributed by atoms with Crippen LogP contribution in [0.4, 0.5) is 0 Å². The minimum Gasteiger partial charge on any atom is -0.756 e. The molecule has 0 heterocycles. The standard InChI is InChI=1S/C46H82NO7P/c1-6-8-10-12-14-16-18-20-22-23-24-26-28-30-32-34-36-38-41-51-43-45(44-53-55(49,50)52-42-40-47(3,4)5)54-46(48)39-37-35-33-31-29-27-25-21-19-17-15-13-11-9-7-2/h9,11,15,17,20-22,25,29,31,35,37,45H,6-8,10,12-14,16,18-19,23-24,26-28,30,32-34,36,38-44H2,1-5H3/b11-9-,17-15-,22-20-,25-21-,31-29-,37-35-. The first-order chi connectivity index (χ1) is 26.6. The van der Waals surface area contributed by atoms with Crippen molar-refractivity contribution in [1.82, 2.24) is 0 Å². The second-order valence-electron chi connectivity index (χ2n) is 15.3. The van der Waals surface area contributed by atoms with E-state index in [4.69, 9.17) is 18.5 Å². The van der Waals surface area contributed by atoms with Crippen molar-refractivity contribution in [3.63, 3.8) is 0 Å². The molecule has 0 spiro atoms. The Morgan fingerprint density at radius 3 is 1.56 bits per heavy atom. The SMILES string of the molecule is CC/C=C\C/C=C\C/C=C\C/C=C\C/C=C\CC(=O)OC(COCCCCCCCCCC/C=C\CCCCCCCC)COP(=O)([O-])OCC[N+](C)(C)C. The molecule has 0 aliphatic carbocycles. The number of unbranched alkanes of at least 4 members (excludes halogenated alkanes) is 14. The van der Waals surface area contributed by atoms with Gasteiger partial charge in [0.25, 0.3) is 7.82 Å². The molecule has 0 aliphatic rings. The van der Waals surface area contributed by atoms with Crippen LogP contribution in [0.5, 0.6) is 0 Å². The van der Waals surface area contributed by atoms with Crippen molar-refractivity contribution in [1.29, 1.82) is 0 Å². The fourth-order valence-electron chi connectivity index (χ4n) is 5.44. The first-order valence-corrected chi connectivity index (χ1v) is 23.1. The van der Waals surface area contributed by atoms with Gasteiger partial charge in [0.1, 0.15) is 19.3 Å². The first kappa shape index (κ1) is 52.9. The van der Waals surface area contributed by atoms with E-state index in [1.807, 2.05) is 27.2 Å². The van der Waals surface area contributed by atoms with E-state index in [9.17, 15) is 14.3 Å². The van der Waals surface area contributed by atoms with Crippen LogP contribution in [0, 0.1) is 0 Å². The van der Waals surface area contributed by atoms with E-state index in [2.05, 4.69) is 74.6 Å². The van der Waals surface area contributed by atoms with E-state index in [0.29, 0.717) is 24.1 Å². The highest BCUT2D eigenvalue weighted by Gasteiger charge is 2.20. The Labute approximate surface area is 338 Å². The number of allylic oxidation sites excluding steroid dienone is 11. The maximum Gasteiger partial charge on any atom is 0.310 e. The van der Waals surface area contributed by atoms with Gasteiger partial charge in [0.2, 0.25) is 0 Å². The number of quaternary nitrogens is 1. The number of nitrogens with zero attached hydrogens (tertiary/aromatic N) is 1. The molecule has 0 fully saturated rings. The zero-order valence-corrected chi connectivity index (χ0v) is 36.7. The Balaban J connectivity index is 4.37. The average Bonchev–Trinajstić information content (AvgIpc) is 3.13. The van der Waals surface area contributed by atoms with Gasteiger partial charge < -0.3 is 27.9 Å². The lowest BCUT2D eigenvalue weighted by Crippen LogP contribution is -2.37. The number of phosphoric ester groups is 1. The summed E-state index contributed by atoms with van der Waals surface area (Å²) in [6.45, 7) is 5.13. The Bertz CT molecular complexity index is 1110. The molecule has 0 rings (SSSR count). The van der Waals surface area contributed by atoms with Gasteiger partial charge in [0, 0.05) is 6.61 Å². The number of phosphoric acid groups is 1. The lowest BCUT2D eigenvalue weighted by atomic mass is 10.1. The molecule has 0 aromatic heterocycles. The molecule has 0 N–H and O–H groups in total. The van der Waals surface area contributed by atoms with Crippen LogP contribution in [0.1, 0.15) is 155 Å². The minimum atomic E-state index is -4.55. The third-order valence-corrected chi connectivity index (χ3v) is 9.74. The van der Waals surface area contributed by atoms with Crippen LogP contribution in [0.25, 0.3) is 0 Å². The van der Waals surface area contributed by atoms with Crippen molar-refractivity contribution in [2.24, 2.45) is 0 Å². The van der Waals surface area contributed by atoms with E-state index in [-0.39, 0.29) is 26.2 Å². The lowest BCUT2D eigenvalue weighted by Gasteiger charge is -2.28. The summed E-state index contributed by atoms with van der Waals surface area (Å²) in [5.74, 6) is -0.463. The smallest absolute Gasteiger partial charge is 0.310 e. The van der Waals surface area contributed by atoms with E-state index in [0.717, 1.165) is 38.5 Å². The predicted molar refractivity (Wildman–Crippen MR) is 231 cm³/mol. The summed E-state index contributed by atoms with van der Waals surface area (Å²) in [6.07, 6.45) is 49.5. The molecule has 0 saturated heterocycles. The first-order valence-electron chi connectivity index (χ1n) is 21.7. The van der Waals surface area contributed by atoms with Crippen molar-refractivity contribution in [3.05, 3.63) is 72.9 Å². The largest absolute Gasteiger partial charge is 0.756 e. The molecule has 0 bridgehead atoms. The van der Waals surface area contributed by atoms with Gasteiger partial charge in [-0.3, -0.25) is 9.36 Å². The highest BCUT2D eigenvalue weighted by atomic mass is 31.2. The number of ether oxygens (including phenoxy) is 2. The second-order valence-corrected chi connectivity index (χ2v) is 16.7. The van der Waals surface area contributed by atoms with E-state index >= 15 is 0 Å². The number of esters is 1. The van der Waals surface area contributed by atoms with Crippen LogP contribution in [-0.4, -0.2) is 70.7 Å². The monoisotopic (exact) mass is 792 g/mol. The summed E-state index contributed by atoms with van der Waals surface area (Å²) in [4.78, 5) is 25.0. The molecule has 0 radical (unpaired) electrons. The van der Waals surface area contributed by atoms with Crippen LogP contribution in [0.3, 0.4) is 0 Å². The second kappa shape index (κ2) is 38.8. The van der Waals surface area contributed by atoms with Crippen LogP contribution in [0.15, 0.2) is 72.9 Å². The van der Waals surface area contributed by atoms with E-state index < -0.39 is 19.9 Å². The van der Waals surface area contributed by atoms with Crippen molar-refractivity contribution in [2.45, 2.75) is 161 Å². The molecule has 2 unspecified atom stereocenters. The Hall–Kier alpha value is -2.06. The van der Waals surface area contributed by atoms with Crippen LogP contribution >= 0.6 is 7.82 Å². The van der Waals surface area contributed by atoms with Crippen molar-refractivity contribution < 1.29 is 37.3 Å². The molecule has 0 saturated carbocycles.